The van der Waals surface area contributed by atoms with Crippen molar-refractivity contribution in [1.29, 1.82) is 0 Å². The number of amides is 1. The molecule has 0 aliphatic carbocycles. The molecule has 2 aromatic heterocycles. The van der Waals surface area contributed by atoms with Gasteiger partial charge in [0, 0.05) is 18.1 Å². The maximum absolute atomic E-state index is 12.6. The van der Waals surface area contributed by atoms with Crippen LogP contribution in [0.15, 0.2) is 33.3 Å². The second kappa shape index (κ2) is 6.21. The molecule has 0 unspecified atom stereocenters. The van der Waals surface area contributed by atoms with E-state index in [-0.39, 0.29) is 24.2 Å². The molecule has 1 aliphatic rings. The van der Waals surface area contributed by atoms with E-state index in [1.807, 2.05) is 0 Å². The van der Waals surface area contributed by atoms with Gasteiger partial charge >= 0.3 is 6.43 Å². The number of carbonyl (C=O) groups is 1. The summed E-state index contributed by atoms with van der Waals surface area (Å²) in [4.78, 5) is 19.7. The molecule has 3 aromatic rings. The first-order chi connectivity index (χ1) is 12.5. The van der Waals surface area contributed by atoms with E-state index in [1.54, 1.807) is 25.1 Å². The van der Waals surface area contributed by atoms with Gasteiger partial charge < -0.3 is 19.0 Å². The van der Waals surface area contributed by atoms with Gasteiger partial charge in [0.15, 0.2) is 5.89 Å². The van der Waals surface area contributed by atoms with Gasteiger partial charge in [0.25, 0.3) is 11.8 Å². The van der Waals surface area contributed by atoms with E-state index >= 15 is 0 Å². The molecule has 26 heavy (non-hydrogen) atoms. The zero-order chi connectivity index (χ0) is 18.3. The highest BCUT2D eigenvalue weighted by Gasteiger charge is 2.28. The van der Waals surface area contributed by atoms with Crippen LogP contribution in [0.3, 0.4) is 0 Å². The first-order valence-corrected chi connectivity index (χ1v) is 7.63. The van der Waals surface area contributed by atoms with E-state index in [9.17, 15) is 13.6 Å². The van der Waals surface area contributed by atoms with Crippen molar-refractivity contribution in [2.24, 2.45) is 0 Å². The fourth-order valence-electron chi connectivity index (χ4n) is 2.61. The van der Waals surface area contributed by atoms with Gasteiger partial charge in [-0.25, -0.2) is 4.98 Å². The van der Waals surface area contributed by atoms with Crippen molar-refractivity contribution in [3.63, 3.8) is 0 Å². The topological polar surface area (TPSA) is 103 Å². The second-order valence-electron chi connectivity index (χ2n) is 5.59. The highest BCUT2D eigenvalue weighted by Crippen LogP contribution is 2.35. The highest BCUT2D eigenvalue weighted by molar-refractivity contribution is 5.91. The number of halogens is 2. The minimum Gasteiger partial charge on any atom is -0.491 e. The number of hydrogen-bond acceptors (Lipinski definition) is 7. The molecule has 1 aromatic carbocycles. The Morgan fingerprint density at radius 2 is 2.23 bits per heavy atom. The van der Waals surface area contributed by atoms with Crippen LogP contribution in [0.4, 0.5) is 8.78 Å². The van der Waals surface area contributed by atoms with Crippen LogP contribution in [0.25, 0.3) is 11.4 Å². The number of oxazole rings is 1. The largest absolute Gasteiger partial charge is 0.491 e. The monoisotopic (exact) mass is 362 g/mol. The Bertz CT molecular complexity index is 969. The number of ether oxygens (including phenoxy) is 1. The summed E-state index contributed by atoms with van der Waals surface area (Å²) in [5.41, 5.74) is 1.22. The van der Waals surface area contributed by atoms with E-state index in [2.05, 4.69) is 25.0 Å². The first-order valence-electron chi connectivity index (χ1n) is 7.63. The zero-order valence-electron chi connectivity index (χ0n) is 13.4. The minimum atomic E-state index is -2.83. The molecular formula is C16H12F2N4O4. The van der Waals surface area contributed by atoms with Gasteiger partial charge in [-0.2, -0.15) is 13.8 Å². The average molecular weight is 362 g/mol. The van der Waals surface area contributed by atoms with Gasteiger partial charge in [-0.3, -0.25) is 4.79 Å². The molecule has 0 bridgehead atoms. The van der Waals surface area contributed by atoms with Crippen LogP contribution in [-0.4, -0.2) is 27.6 Å². The number of aromatic nitrogens is 3. The summed E-state index contributed by atoms with van der Waals surface area (Å²) in [6.07, 6.45) is -1.48. The number of fused-ring (bicyclic) bond motifs is 1. The highest BCUT2D eigenvalue weighted by atomic mass is 19.3. The smallest absolute Gasteiger partial charge is 0.315 e. The second-order valence-corrected chi connectivity index (χ2v) is 5.59. The Balaban J connectivity index is 1.53. The summed E-state index contributed by atoms with van der Waals surface area (Å²) in [6, 6.07) is 4.59. The lowest BCUT2D eigenvalue weighted by Gasteiger charge is -2.10. The summed E-state index contributed by atoms with van der Waals surface area (Å²) in [6.45, 7) is 1.87. The fraction of sp³-hybridized carbons (Fsp3) is 0.250. The molecule has 1 amide bonds. The Labute approximate surface area is 145 Å². The lowest BCUT2D eigenvalue weighted by molar-refractivity contribution is 0.0901. The van der Waals surface area contributed by atoms with Crippen LogP contribution in [0.1, 0.15) is 40.4 Å². The van der Waals surface area contributed by atoms with E-state index in [1.165, 1.54) is 6.20 Å². The standard InChI is InChI=1S/C16H12F2N4O4/c1-7-19-5-12(25-7)15(23)20-10-6-24-11-4-8(2-3-9(10)11)14-21-16(13(17)18)26-22-14/h2-5,10,13H,6H2,1H3,(H,20,23)/t10-/m1/s1. The van der Waals surface area contributed by atoms with Gasteiger partial charge in [-0.05, 0) is 6.07 Å². The maximum atomic E-state index is 12.6. The van der Waals surface area contributed by atoms with E-state index < -0.39 is 18.2 Å². The van der Waals surface area contributed by atoms with Crippen LogP contribution in [0.5, 0.6) is 5.75 Å². The third-order valence-corrected chi connectivity index (χ3v) is 3.83. The van der Waals surface area contributed by atoms with Crippen LogP contribution in [0, 0.1) is 6.92 Å². The number of benzene rings is 1. The number of aryl methyl sites for hydroxylation is 1. The minimum absolute atomic E-state index is 0.0383. The Morgan fingerprint density at radius 3 is 2.92 bits per heavy atom. The summed E-state index contributed by atoms with van der Waals surface area (Å²) in [5.74, 6) is -0.101. The molecule has 3 heterocycles. The summed E-state index contributed by atoms with van der Waals surface area (Å²) in [5, 5.41) is 6.33. The number of hydrogen-bond donors (Lipinski definition) is 1. The summed E-state index contributed by atoms with van der Waals surface area (Å²) >= 11 is 0. The third kappa shape index (κ3) is 2.89. The molecule has 8 nitrogen and oxygen atoms in total. The first kappa shape index (κ1) is 16.2. The normalized spacial score (nSPS) is 15.8. The van der Waals surface area contributed by atoms with Crippen molar-refractivity contribution in [2.75, 3.05) is 6.61 Å². The van der Waals surface area contributed by atoms with Crippen molar-refractivity contribution in [2.45, 2.75) is 19.4 Å². The number of nitrogens with one attached hydrogen (secondary N) is 1. The van der Waals surface area contributed by atoms with Gasteiger partial charge in [0.2, 0.25) is 11.6 Å². The van der Waals surface area contributed by atoms with Crippen molar-refractivity contribution in [3.05, 3.63) is 47.5 Å². The molecule has 4 rings (SSSR count). The molecule has 0 spiro atoms. The summed E-state index contributed by atoms with van der Waals surface area (Å²) in [7, 11) is 0. The predicted octanol–water partition coefficient (Wildman–Crippen LogP) is 2.83. The lowest BCUT2D eigenvalue weighted by Crippen LogP contribution is -2.29. The lowest BCUT2D eigenvalue weighted by atomic mass is 10.1. The molecule has 1 N–H and O–H groups in total. The van der Waals surface area contributed by atoms with E-state index in [0.29, 0.717) is 17.2 Å². The number of alkyl halides is 2. The van der Waals surface area contributed by atoms with Gasteiger partial charge in [0.1, 0.15) is 12.4 Å². The molecule has 1 aliphatic heterocycles. The Kier molecular flexibility index (Phi) is 3.86. The van der Waals surface area contributed by atoms with E-state index in [0.717, 1.165) is 5.56 Å². The van der Waals surface area contributed by atoms with Crippen molar-refractivity contribution < 1.29 is 27.3 Å². The van der Waals surface area contributed by atoms with Crippen molar-refractivity contribution in [3.8, 4) is 17.1 Å². The van der Waals surface area contributed by atoms with Gasteiger partial charge in [-0.1, -0.05) is 17.3 Å². The van der Waals surface area contributed by atoms with Crippen LogP contribution >= 0.6 is 0 Å². The molecule has 1 atom stereocenters. The zero-order valence-corrected chi connectivity index (χ0v) is 13.4. The predicted molar refractivity (Wildman–Crippen MR) is 81.6 cm³/mol. The van der Waals surface area contributed by atoms with Crippen LogP contribution < -0.4 is 10.1 Å². The third-order valence-electron chi connectivity index (χ3n) is 3.83. The fourth-order valence-corrected chi connectivity index (χ4v) is 2.61. The molecule has 0 saturated heterocycles. The number of rotatable bonds is 4. The average Bonchev–Trinajstić information content (AvgIpc) is 3.34. The molecule has 0 radical (unpaired) electrons. The van der Waals surface area contributed by atoms with Crippen LogP contribution in [-0.2, 0) is 0 Å². The molecule has 0 saturated carbocycles. The van der Waals surface area contributed by atoms with Gasteiger partial charge in [0.05, 0.1) is 12.2 Å². The van der Waals surface area contributed by atoms with Crippen molar-refractivity contribution >= 4 is 5.91 Å². The summed E-state index contributed by atoms with van der Waals surface area (Å²) < 4.78 is 40.4. The van der Waals surface area contributed by atoms with Crippen molar-refractivity contribution in [1.82, 2.24) is 20.4 Å². The quantitative estimate of drug-likeness (QED) is 0.761. The number of carbonyl (C=O) groups excluding carboxylic acids is 1. The Morgan fingerprint density at radius 1 is 1.38 bits per heavy atom. The molecule has 10 heteroatoms. The maximum Gasteiger partial charge on any atom is 0.315 e. The van der Waals surface area contributed by atoms with Crippen LogP contribution in [0.2, 0.25) is 0 Å². The number of nitrogens with zero attached hydrogens (tertiary/aromatic N) is 3. The Hall–Kier alpha value is -3.30. The molecule has 134 valence electrons. The molecule has 0 fully saturated rings. The van der Waals surface area contributed by atoms with Gasteiger partial charge in [-0.15, -0.1) is 0 Å². The van der Waals surface area contributed by atoms with E-state index in [4.69, 9.17) is 9.15 Å². The SMILES string of the molecule is Cc1ncc(C(=O)N[C@@H]2COc3cc(-c4noc(C(F)F)n4)ccc32)o1. The molecular weight excluding hydrogens is 350 g/mol.